The molecule has 0 spiro atoms. The third-order valence-electron chi connectivity index (χ3n) is 3.32. The summed E-state index contributed by atoms with van der Waals surface area (Å²) < 4.78 is 0. The van der Waals surface area contributed by atoms with Crippen LogP contribution in [0.25, 0.3) is 0 Å². The van der Waals surface area contributed by atoms with Gasteiger partial charge in [0.05, 0.1) is 5.69 Å². The van der Waals surface area contributed by atoms with Crippen molar-refractivity contribution >= 4 is 0 Å². The fraction of sp³-hybridized carbons (Fsp3) is 0.308. The number of pyridine rings is 1. The SMILES string of the molecule is CC(c1cccnc1)N1Cc2cncnc2C1. The molecule has 1 aliphatic heterocycles. The first-order valence-electron chi connectivity index (χ1n) is 5.76. The summed E-state index contributed by atoms with van der Waals surface area (Å²) in [6.07, 6.45) is 7.27. The van der Waals surface area contributed by atoms with Crippen LogP contribution in [-0.2, 0) is 13.1 Å². The highest BCUT2D eigenvalue weighted by atomic mass is 15.2. The number of fused-ring (bicyclic) bond motifs is 1. The van der Waals surface area contributed by atoms with Gasteiger partial charge in [-0.25, -0.2) is 9.97 Å². The van der Waals surface area contributed by atoms with Crippen molar-refractivity contribution in [1.82, 2.24) is 19.9 Å². The summed E-state index contributed by atoms with van der Waals surface area (Å²) in [4.78, 5) is 14.9. The van der Waals surface area contributed by atoms with Gasteiger partial charge in [0.1, 0.15) is 6.33 Å². The molecule has 0 saturated carbocycles. The van der Waals surface area contributed by atoms with Crippen LogP contribution in [0.15, 0.2) is 37.1 Å². The van der Waals surface area contributed by atoms with Crippen LogP contribution in [0.4, 0.5) is 0 Å². The average Bonchev–Trinajstić information content (AvgIpc) is 2.82. The first kappa shape index (κ1) is 10.4. The Kier molecular flexibility index (Phi) is 2.57. The number of aromatic nitrogens is 3. The minimum atomic E-state index is 0.359. The van der Waals surface area contributed by atoms with Crippen LogP contribution in [0, 0.1) is 0 Å². The zero-order valence-corrected chi connectivity index (χ0v) is 9.74. The predicted molar refractivity (Wildman–Crippen MR) is 63.9 cm³/mol. The highest BCUT2D eigenvalue weighted by Crippen LogP contribution is 2.28. The van der Waals surface area contributed by atoms with Gasteiger partial charge in [-0.2, -0.15) is 0 Å². The lowest BCUT2D eigenvalue weighted by molar-refractivity contribution is 0.213. The summed E-state index contributed by atoms with van der Waals surface area (Å²) in [5.41, 5.74) is 3.63. The predicted octanol–water partition coefficient (Wildman–Crippen LogP) is 1.95. The van der Waals surface area contributed by atoms with E-state index in [0.29, 0.717) is 6.04 Å². The third kappa shape index (κ3) is 1.91. The quantitative estimate of drug-likeness (QED) is 0.785. The molecule has 0 radical (unpaired) electrons. The van der Waals surface area contributed by atoms with Crippen LogP contribution < -0.4 is 0 Å². The maximum absolute atomic E-state index is 4.32. The molecule has 4 nitrogen and oxygen atoms in total. The molecule has 0 fully saturated rings. The summed E-state index contributed by atoms with van der Waals surface area (Å²) in [5, 5.41) is 0. The molecule has 17 heavy (non-hydrogen) atoms. The van der Waals surface area contributed by atoms with Crippen molar-refractivity contribution in [3.8, 4) is 0 Å². The molecule has 1 atom stereocenters. The van der Waals surface area contributed by atoms with Crippen LogP contribution in [-0.4, -0.2) is 19.9 Å². The van der Waals surface area contributed by atoms with Crippen molar-refractivity contribution in [2.24, 2.45) is 0 Å². The van der Waals surface area contributed by atoms with Crippen molar-refractivity contribution in [2.45, 2.75) is 26.1 Å². The number of rotatable bonds is 2. The first-order chi connectivity index (χ1) is 8.34. The Balaban J connectivity index is 1.81. The van der Waals surface area contributed by atoms with Crippen LogP contribution in [0.3, 0.4) is 0 Å². The van der Waals surface area contributed by atoms with Crippen molar-refractivity contribution in [3.63, 3.8) is 0 Å². The van der Waals surface area contributed by atoms with E-state index in [1.54, 1.807) is 12.5 Å². The van der Waals surface area contributed by atoms with Crippen molar-refractivity contribution in [1.29, 1.82) is 0 Å². The van der Waals surface area contributed by atoms with E-state index in [4.69, 9.17) is 0 Å². The molecular formula is C13H14N4. The highest BCUT2D eigenvalue weighted by Gasteiger charge is 2.24. The lowest BCUT2D eigenvalue weighted by Crippen LogP contribution is -2.20. The lowest BCUT2D eigenvalue weighted by atomic mass is 10.1. The van der Waals surface area contributed by atoms with Gasteiger partial charge in [-0.15, -0.1) is 0 Å². The van der Waals surface area contributed by atoms with E-state index in [2.05, 4.69) is 32.8 Å². The molecule has 1 aliphatic rings. The molecule has 0 bridgehead atoms. The van der Waals surface area contributed by atoms with Gasteiger partial charge in [-0.3, -0.25) is 9.88 Å². The monoisotopic (exact) mass is 226 g/mol. The molecule has 0 aliphatic carbocycles. The highest BCUT2D eigenvalue weighted by molar-refractivity contribution is 5.22. The molecule has 3 rings (SSSR count). The topological polar surface area (TPSA) is 41.9 Å². The fourth-order valence-electron chi connectivity index (χ4n) is 2.23. The summed E-state index contributed by atoms with van der Waals surface area (Å²) in [5.74, 6) is 0. The van der Waals surface area contributed by atoms with Crippen LogP contribution in [0.5, 0.6) is 0 Å². The van der Waals surface area contributed by atoms with E-state index in [1.165, 1.54) is 11.1 Å². The maximum atomic E-state index is 4.32. The maximum Gasteiger partial charge on any atom is 0.115 e. The minimum absolute atomic E-state index is 0.359. The van der Waals surface area contributed by atoms with Gasteiger partial charge in [0.2, 0.25) is 0 Å². The van der Waals surface area contributed by atoms with E-state index < -0.39 is 0 Å². The molecule has 0 amide bonds. The Morgan fingerprint density at radius 3 is 2.94 bits per heavy atom. The molecule has 86 valence electrons. The smallest absolute Gasteiger partial charge is 0.115 e. The summed E-state index contributed by atoms with van der Waals surface area (Å²) in [6.45, 7) is 4.02. The second kappa shape index (κ2) is 4.22. The van der Waals surface area contributed by atoms with Gasteiger partial charge < -0.3 is 0 Å². The zero-order valence-electron chi connectivity index (χ0n) is 9.74. The Bertz CT molecular complexity index is 487. The van der Waals surface area contributed by atoms with Gasteiger partial charge >= 0.3 is 0 Å². The molecule has 0 saturated heterocycles. The number of nitrogens with zero attached hydrogens (tertiary/aromatic N) is 4. The van der Waals surface area contributed by atoms with Gasteiger partial charge in [0, 0.05) is 43.3 Å². The largest absolute Gasteiger partial charge is 0.286 e. The second-order valence-corrected chi connectivity index (χ2v) is 4.36. The van der Waals surface area contributed by atoms with E-state index in [-0.39, 0.29) is 0 Å². The van der Waals surface area contributed by atoms with Crippen LogP contribution in [0.1, 0.15) is 29.8 Å². The van der Waals surface area contributed by atoms with Crippen molar-refractivity contribution < 1.29 is 0 Å². The number of hydrogen-bond donors (Lipinski definition) is 0. The normalized spacial score (nSPS) is 16.8. The van der Waals surface area contributed by atoms with E-state index in [9.17, 15) is 0 Å². The van der Waals surface area contributed by atoms with E-state index in [0.717, 1.165) is 18.8 Å². The Morgan fingerprint density at radius 1 is 1.24 bits per heavy atom. The molecule has 2 aromatic rings. The fourth-order valence-corrected chi connectivity index (χ4v) is 2.23. The number of hydrogen-bond acceptors (Lipinski definition) is 4. The third-order valence-corrected chi connectivity index (χ3v) is 3.32. The van der Waals surface area contributed by atoms with E-state index in [1.807, 2.05) is 18.5 Å². The summed E-state index contributed by atoms with van der Waals surface area (Å²) >= 11 is 0. The molecule has 4 heteroatoms. The summed E-state index contributed by atoms with van der Waals surface area (Å²) in [7, 11) is 0. The van der Waals surface area contributed by atoms with Crippen molar-refractivity contribution in [3.05, 3.63) is 53.9 Å². The molecule has 3 heterocycles. The first-order valence-corrected chi connectivity index (χ1v) is 5.76. The van der Waals surface area contributed by atoms with Crippen LogP contribution in [0.2, 0.25) is 0 Å². The molecule has 0 N–H and O–H groups in total. The Hall–Kier alpha value is -1.81. The molecule has 0 aromatic carbocycles. The molecular weight excluding hydrogens is 212 g/mol. The second-order valence-electron chi connectivity index (χ2n) is 4.36. The Labute approximate surface area is 100 Å². The van der Waals surface area contributed by atoms with Gasteiger partial charge in [-0.05, 0) is 18.6 Å². The standard InChI is InChI=1S/C13H14N4/c1-10(11-3-2-4-14-5-11)17-7-12-6-15-9-16-13(12)8-17/h2-6,9-10H,7-8H2,1H3. The van der Waals surface area contributed by atoms with Gasteiger partial charge in [0.15, 0.2) is 0 Å². The van der Waals surface area contributed by atoms with Gasteiger partial charge in [0.25, 0.3) is 0 Å². The zero-order chi connectivity index (χ0) is 11.7. The minimum Gasteiger partial charge on any atom is -0.286 e. The summed E-state index contributed by atoms with van der Waals surface area (Å²) in [6, 6.07) is 4.46. The molecule has 2 aromatic heterocycles. The lowest BCUT2D eigenvalue weighted by Gasteiger charge is -2.23. The molecule has 1 unspecified atom stereocenters. The average molecular weight is 226 g/mol. The van der Waals surface area contributed by atoms with Crippen molar-refractivity contribution in [2.75, 3.05) is 0 Å². The van der Waals surface area contributed by atoms with Gasteiger partial charge in [-0.1, -0.05) is 6.07 Å². The van der Waals surface area contributed by atoms with Crippen LogP contribution >= 0.6 is 0 Å². The Morgan fingerprint density at radius 2 is 2.18 bits per heavy atom. The van der Waals surface area contributed by atoms with E-state index >= 15 is 0 Å².